The molecule has 0 spiro atoms. The number of thioether (sulfide) groups is 1. The van der Waals surface area contributed by atoms with E-state index >= 15 is 0 Å². The van der Waals surface area contributed by atoms with Gasteiger partial charge in [-0.05, 0) is 23.8 Å². The molecule has 0 aromatic carbocycles. The van der Waals surface area contributed by atoms with E-state index in [1.165, 1.54) is 23.1 Å². The molecule has 0 aliphatic rings. The molecule has 0 N–H and O–H groups in total. The van der Waals surface area contributed by atoms with Crippen molar-refractivity contribution in [2.24, 2.45) is 0 Å². The van der Waals surface area contributed by atoms with Crippen molar-refractivity contribution in [3.05, 3.63) is 10.9 Å². The lowest BCUT2D eigenvalue weighted by Gasteiger charge is -1.98. The maximum atomic E-state index is 11.6. The molecule has 0 aliphatic carbocycles. The third-order valence-corrected chi connectivity index (χ3v) is 4.06. The highest BCUT2D eigenvalue weighted by atomic mass is 32.2. The minimum absolute atomic E-state index is 0.300. The van der Waals surface area contributed by atoms with Crippen molar-refractivity contribution in [3.63, 3.8) is 0 Å². The molecule has 0 aliphatic heterocycles. The molecule has 17 heavy (non-hydrogen) atoms. The van der Waals surface area contributed by atoms with Gasteiger partial charge < -0.3 is 4.74 Å². The molecule has 0 atom stereocenters. The smallest absolute Gasteiger partial charge is 0.348 e. The van der Waals surface area contributed by atoms with Crippen molar-refractivity contribution in [1.29, 1.82) is 0 Å². The lowest BCUT2D eigenvalue weighted by molar-refractivity contribution is 0.0532. The molecule has 2 heterocycles. The highest BCUT2D eigenvalue weighted by molar-refractivity contribution is 7.98. The molecular weight excluding hydrogens is 271 g/mol. The molecule has 86 valence electrons. The number of carbonyl (C=O) groups excluding carboxylic acids is 1. The predicted octanol–water partition coefficient (Wildman–Crippen LogP) is 1.38. The topological polar surface area (TPSA) is 52.1 Å². The summed E-state index contributed by atoms with van der Waals surface area (Å²) in [5, 5.41) is 1.60. The van der Waals surface area contributed by atoms with Crippen LogP contribution in [-0.4, -0.2) is 45.1 Å². The Balaban J connectivity index is 2.49. The summed E-state index contributed by atoms with van der Waals surface area (Å²) < 4.78 is 5.78. The van der Waals surface area contributed by atoms with E-state index in [1.54, 1.807) is 13.0 Å². The number of ether oxygens (including phenoxy) is 1. The van der Waals surface area contributed by atoms with Gasteiger partial charge in [0.2, 0.25) is 16.3 Å². The minimum atomic E-state index is -0.300. The zero-order chi connectivity index (χ0) is 12.4. The first-order valence-corrected chi connectivity index (χ1v) is 7.55. The molecule has 7 heteroatoms. The van der Waals surface area contributed by atoms with Crippen LogP contribution in [-0.2, 0) is 4.74 Å². The third-order valence-electron chi connectivity index (χ3n) is 2.06. The van der Waals surface area contributed by atoms with Crippen LogP contribution in [0.4, 0.5) is 0 Å². The second kappa shape index (κ2) is 5.36. The first-order chi connectivity index (χ1) is 8.15. The molecule has 0 saturated carbocycles. The van der Waals surface area contributed by atoms with Crippen molar-refractivity contribution in [2.75, 3.05) is 12.9 Å². The van der Waals surface area contributed by atoms with Crippen LogP contribution in [0.1, 0.15) is 16.6 Å². The van der Waals surface area contributed by atoms with Crippen LogP contribution in [0.15, 0.2) is 11.2 Å². The molecule has 0 unspecified atom stereocenters. The van der Waals surface area contributed by atoms with E-state index < -0.39 is 0 Å². The van der Waals surface area contributed by atoms with Gasteiger partial charge in [0.1, 0.15) is 9.71 Å². The summed E-state index contributed by atoms with van der Waals surface area (Å²) in [6.07, 6.45) is 1.92. The highest BCUT2D eigenvalue weighted by Crippen LogP contribution is 2.24. The molecule has 0 amide bonds. The first kappa shape index (κ1) is 12.8. The Bertz CT molecular complexity index is 571. The van der Waals surface area contributed by atoms with Gasteiger partial charge in [-0.25, -0.2) is 14.8 Å². The van der Waals surface area contributed by atoms with Crippen LogP contribution in [0.2, 0.25) is 0 Å². The van der Waals surface area contributed by atoms with Crippen LogP contribution < -0.4 is 4.56 Å². The van der Waals surface area contributed by atoms with Crippen LogP contribution >= 0.6 is 23.1 Å². The maximum Gasteiger partial charge on any atom is 0.348 e. The number of nitrogens with zero attached hydrogens (tertiary/aromatic N) is 2. The van der Waals surface area contributed by atoms with E-state index in [-0.39, 0.29) is 5.97 Å². The normalized spacial score (nSPS) is 10.7. The molecular formula is C10H9AlN2O2S2. The molecule has 0 fully saturated rings. The Labute approximate surface area is 115 Å². The lowest BCUT2D eigenvalue weighted by atomic mass is 10.3. The van der Waals surface area contributed by atoms with E-state index in [4.69, 9.17) is 4.74 Å². The van der Waals surface area contributed by atoms with Gasteiger partial charge in [-0.15, -0.1) is 11.3 Å². The summed E-state index contributed by atoms with van der Waals surface area (Å²) in [7, 11) is 0. The standard InChI is InChI=1S/C10H9N2O2S2.Al/c1-3-14-9(13)7-4-6-5-11-10(15-2)12-8(6)16-7;/h4H,3H2,1-2H3;. The van der Waals surface area contributed by atoms with Crippen LogP contribution in [0, 0.1) is 0 Å². The van der Waals surface area contributed by atoms with E-state index in [2.05, 4.69) is 26.3 Å². The fourth-order valence-corrected chi connectivity index (χ4v) is 3.22. The molecule has 2 radical (unpaired) electrons. The Kier molecular flexibility index (Phi) is 4.05. The quantitative estimate of drug-likeness (QED) is 0.368. The number of carbonyl (C=O) groups is 1. The summed E-state index contributed by atoms with van der Waals surface area (Å²) in [5.74, 6) is -0.300. The first-order valence-electron chi connectivity index (χ1n) is 4.94. The SMILES string of the molecule is CCOC(=O)c1cc2[c]([Al])nc(SC)nc2s1. The van der Waals surface area contributed by atoms with Crippen molar-refractivity contribution in [3.8, 4) is 0 Å². The van der Waals surface area contributed by atoms with Gasteiger partial charge in [-0.3, -0.25) is 0 Å². The van der Waals surface area contributed by atoms with Crippen LogP contribution in [0.3, 0.4) is 0 Å². The summed E-state index contributed by atoms with van der Waals surface area (Å²) in [5.41, 5.74) is 0. The van der Waals surface area contributed by atoms with Crippen molar-refractivity contribution in [2.45, 2.75) is 12.1 Å². The zero-order valence-electron chi connectivity index (χ0n) is 9.39. The summed E-state index contributed by atoms with van der Waals surface area (Å²) >= 11 is 5.39. The Hall–Kier alpha value is -0.608. The number of hydrogen-bond acceptors (Lipinski definition) is 6. The third kappa shape index (κ3) is 2.63. The van der Waals surface area contributed by atoms with Crippen molar-refractivity contribution >= 4 is 60.1 Å². The molecule has 0 saturated heterocycles. The van der Waals surface area contributed by atoms with E-state index in [0.29, 0.717) is 16.6 Å². The van der Waals surface area contributed by atoms with Crippen LogP contribution in [0.25, 0.3) is 10.2 Å². The molecule has 2 aromatic rings. The molecule has 4 nitrogen and oxygen atoms in total. The number of aromatic nitrogens is 2. The minimum Gasteiger partial charge on any atom is -0.462 e. The summed E-state index contributed by atoms with van der Waals surface area (Å²) in [4.78, 5) is 21.7. The fraction of sp³-hybridized carbons (Fsp3) is 0.300. The number of hydrogen-bond donors (Lipinski definition) is 0. The van der Waals surface area contributed by atoms with Gasteiger partial charge in [0.15, 0.2) is 5.16 Å². The predicted molar refractivity (Wildman–Crippen MR) is 70.5 cm³/mol. The maximum absolute atomic E-state index is 11.6. The largest absolute Gasteiger partial charge is 0.462 e. The summed E-state index contributed by atoms with van der Waals surface area (Å²) in [6, 6.07) is 1.78. The second-order valence-electron chi connectivity index (χ2n) is 3.15. The monoisotopic (exact) mass is 280 g/mol. The number of esters is 1. The highest BCUT2D eigenvalue weighted by Gasteiger charge is 2.13. The van der Waals surface area contributed by atoms with Gasteiger partial charge in [0, 0.05) is 5.39 Å². The number of rotatable bonds is 3. The number of fused-ring (bicyclic) bond motifs is 1. The fourth-order valence-electron chi connectivity index (χ4n) is 1.32. The van der Waals surface area contributed by atoms with E-state index in [9.17, 15) is 4.79 Å². The second-order valence-corrected chi connectivity index (χ2v) is 5.50. The van der Waals surface area contributed by atoms with Gasteiger partial charge >= 0.3 is 5.97 Å². The van der Waals surface area contributed by atoms with Gasteiger partial charge in [0.25, 0.3) is 0 Å². The van der Waals surface area contributed by atoms with E-state index in [1.807, 2.05) is 6.26 Å². The Morgan fingerprint density at radius 3 is 3.00 bits per heavy atom. The van der Waals surface area contributed by atoms with Gasteiger partial charge in [-0.1, -0.05) is 11.8 Å². The number of thiophene rings is 1. The van der Waals surface area contributed by atoms with Crippen molar-refractivity contribution in [1.82, 2.24) is 9.97 Å². The van der Waals surface area contributed by atoms with E-state index in [0.717, 1.165) is 14.8 Å². The van der Waals surface area contributed by atoms with Crippen molar-refractivity contribution < 1.29 is 9.53 Å². The lowest BCUT2D eigenvalue weighted by Crippen LogP contribution is -2.10. The molecule has 0 bridgehead atoms. The Morgan fingerprint density at radius 2 is 2.35 bits per heavy atom. The average Bonchev–Trinajstić information content (AvgIpc) is 2.73. The van der Waals surface area contributed by atoms with Gasteiger partial charge in [-0.2, -0.15) is 0 Å². The zero-order valence-corrected chi connectivity index (χ0v) is 12.2. The molecule has 2 rings (SSSR count). The molecule has 2 aromatic heterocycles. The summed E-state index contributed by atoms with van der Waals surface area (Å²) in [6.45, 7) is 2.17. The van der Waals surface area contributed by atoms with Gasteiger partial charge in [0.05, 0.1) is 6.61 Å². The van der Waals surface area contributed by atoms with Crippen LogP contribution in [0.5, 0.6) is 0 Å². The Morgan fingerprint density at radius 1 is 1.59 bits per heavy atom. The average molecular weight is 280 g/mol.